The standard InChI is InChI=1S/C13H7BrN2O3S/c14-10-6-5-9(20-10)12-15-11(16-19-12)7-1-3-8(4-2-7)13(17)18/h1-6H,(H,17,18). The number of aromatic carboxylic acids is 1. The first-order valence-electron chi connectivity index (χ1n) is 5.56. The highest BCUT2D eigenvalue weighted by Gasteiger charge is 2.12. The van der Waals surface area contributed by atoms with Gasteiger partial charge in [-0.2, -0.15) is 4.98 Å². The second-order valence-electron chi connectivity index (χ2n) is 3.91. The lowest BCUT2D eigenvalue weighted by atomic mass is 10.1. The lowest BCUT2D eigenvalue weighted by Gasteiger charge is -1.95. The summed E-state index contributed by atoms with van der Waals surface area (Å²) < 4.78 is 6.19. The van der Waals surface area contributed by atoms with Crippen LogP contribution in [0.2, 0.25) is 0 Å². The molecule has 0 atom stereocenters. The van der Waals surface area contributed by atoms with Crippen molar-refractivity contribution in [2.45, 2.75) is 0 Å². The van der Waals surface area contributed by atoms with Gasteiger partial charge < -0.3 is 9.63 Å². The van der Waals surface area contributed by atoms with Gasteiger partial charge in [0.1, 0.15) is 0 Å². The van der Waals surface area contributed by atoms with Crippen LogP contribution in [-0.4, -0.2) is 21.2 Å². The minimum Gasteiger partial charge on any atom is -0.478 e. The van der Waals surface area contributed by atoms with Crippen LogP contribution in [0.5, 0.6) is 0 Å². The van der Waals surface area contributed by atoms with Gasteiger partial charge in [0, 0.05) is 5.56 Å². The van der Waals surface area contributed by atoms with Crippen LogP contribution in [0.3, 0.4) is 0 Å². The van der Waals surface area contributed by atoms with E-state index in [4.69, 9.17) is 9.63 Å². The summed E-state index contributed by atoms with van der Waals surface area (Å²) in [6.07, 6.45) is 0. The van der Waals surface area contributed by atoms with E-state index in [-0.39, 0.29) is 5.56 Å². The highest BCUT2D eigenvalue weighted by molar-refractivity contribution is 9.11. The number of thiophene rings is 1. The normalized spacial score (nSPS) is 10.7. The average molecular weight is 351 g/mol. The number of carbonyl (C=O) groups is 1. The maximum Gasteiger partial charge on any atom is 0.335 e. The van der Waals surface area contributed by atoms with Crippen molar-refractivity contribution in [3.63, 3.8) is 0 Å². The second-order valence-corrected chi connectivity index (χ2v) is 6.37. The molecule has 2 heterocycles. The molecule has 0 fully saturated rings. The average Bonchev–Trinajstić information content (AvgIpc) is 3.07. The third-order valence-electron chi connectivity index (χ3n) is 2.60. The summed E-state index contributed by atoms with van der Waals surface area (Å²) >= 11 is 4.87. The van der Waals surface area contributed by atoms with Gasteiger partial charge in [-0.15, -0.1) is 11.3 Å². The number of hydrogen-bond donors (Lipinski definition) is 1. The number of carboxylic acids is 1. The van der Waals surface area contributed by atoms with Crippen molar-refractivity contribution >= 4 is 33.2 Å². The molecule has 0 amide bonds. The summed E-state index contributed by atoms with van der Waals surface area (Å²) in [5.74, 6) is -0.0896. The molecule has 0 aliphatic heterocycles. The van der Waals surface area contributed by atoms with E-state index in [2.05, 4.69) is 26.1 Å². The van der Waals surface area contributed by atoms with E-state index < -0.39 is 5.97 Å². The Morgan fingerprint density at radius 1 is 1.20 bits per heavy atom. The Bertz CT molecular complexity index is 764. The third kappa shape index (κ3) is 2.50. The van der Waals surface area contributed by atoms with Crippen LogP contribution in [-0.2, 0) is 0 Å². The van der Waals surface area contributed by atoms with Gasteiger partial charge in [0.25, 0.3) is 5.89 Å². The highest BCUT2D eigenvalue weighted by Crippen LogP contribution is 2.31. The molecule has 0 saturated heterocycles. The zero-order chi connectivity index (χ0) is 14.1. The van der Waals surface area contributed by atoms with Gasteiger partial charge in [-0.05, 0) is 40.2 Å². The van der Waals surface area contributed by atoms with Crippen LogP contribution in [0, 0.1) is 0 Å². The zero-order valence-corrected chi connectivity index (χ0v) is 12.3. The third-order valence-corrected chi connectivity index (χ3v) is 4.21. The Morgan fingerprint density at radius 3 is 2.55 bits per heavy atom. The fraction of sp³-hybridized carbons (Fsp3) is 0. The Kier molecular flexibility index (Phi) is 3.37. The van der Waals surface area contributed by atoms with E-state index in [0.717, 1.165) is 8.66 Å². The first kappa shape index (κ1) is 13.0. The van der Waals surface area contributed by atoms with Crippen LogP contribution in [0.15, 0.2) is 44.7 Å². The number of rotatable bonds is 3. The zero-order valence-electron chi connectivity index (χ0n) is 9.91. The van der Waals surface area contributed by atoms with Crippen LogP contribution in [0.4, 0.5) is 0 Å². The van der Waals surface area contributed by atoms with Crippen LogP contribution >= 0.6 is 27.3 Å². The molecule has 0 radical (unpaired) electrons. The molecule has 7 heteroatoms. The van der Waals surface area contributed by atoms with Gasteiger partial charge in [-0.25, -0.2) is 4.79 Å². The number of hydrogen-bond acceptors (Lipinski definition) is 5. The van der Waals surface area contributed by atoms with Crippen LogP contribution < -0.4 is 0 Å². The minimum atomic E-state index is -0.964. The van der Waals surface area contributed by atoms with Crippen molar-refractivity contribution in [2.24, 2.45) is 0 Å². The van der Waals surface area contributed by atoms with Crippen molar-refractivity contribution < 1.29 is 14.4 Å². The van der Waals surface area contributed by atoms with E-state index in [1.165, 1.54) is 23.5 Å². The summed E-state index contributed by atoms with van der Waals surface area (Å²) in [5.41, 5.74) is 0.931. The molecule has 3 aromatic rings. The molecule has 100 valence electrons. The largest absolute Gasteiger partial charge is 0.478 e. The summed E-state index contributed by atoms with van der Waals surface area (Å²) in [7, 11) is 0. The van der Waals surface area contributed by atoms with Crippen molar-refractivity contribution in [3.8, 4) is 22.2 Å². The van der Waals surface area contributed by atoms with Crippen molar-refractivity contribution in [1.29, 1.82) is 0 Å². The summed E-state index contributed by atoms with van der Waals surface area (Å²) in [4.78, 5) is 16.0. The summed E-state index contributed by atoms with van der Waals surface area (Å²) in [5, 5.41) is 12.8. The molecule has 1 N–H and O–H groups in total. The van der Waals surface area contributed by atoms with Crippen LogP contribution in [0.1, 0.15) is 10.4 Å². The summed E-state index contributed by atoms with van der Waals surface area (Å²) in [6, 6.07) is 10.1. The van der Waals surface area contributed by atoms with Crippen LogP contribution in [0.25, 0.3) is 22.2 Å². The lowest BCUT2D eigenvalue weighted by Crippen LogP contribution is -1.95. The van der Waals surface area contributed by atoms with Gasteiger partial charge in [0.05, 0.1) is 14.2 Å². The monoisotopic (exact) mass is 350 g/mol. The minimum absolute atomic E-state index is 0.222. The molecule has 2 aromatic heterocycles. The smallest absolute Gasteiger partial charge is 0.335 e. The number of carboxylic acid groups (broad SMARTS) is 1. The van der Waals surface area contributed by atoms with Gasteiger partial charge >= 0.3 is 5.97 Å². The van der Waals surface area contributed by atoms with Gasteiger partial charge in [0.2, 0.25) is 5.82 Å². The van der Waals surface area contributed by atoms with E-state index in [1.807, 2.05) is 12.1 Å². The molecule has 0 saturated carbocycles. The Balaban J connectivity index is 1.91. The molecular formula is C13H7BrN2O3S. The Hall–Kier alpha value is -1.99. The quantitative estimate of drug-likeness (QED) is 0.774. The maximum atomic E-state index is 10.8. The molecule has 1 aromatic carbocycles. The highest BCUT2D eigenvalue weighted by atomic mass is 79.9. The summed E-state index contributed by atoms with van der Waals surface area (Å²) in [6.45, 7) is 0. The Labute approximate surface area is 126 Å². The fourth-order valence-corrected chi connectivity index (χ4v) is 2.94. The molecular weight excluding hydrogens is 344 g/mol. The topological polar surface area (TPSA) is 76.2 Å². The van der Waals surface area contributed by atoms with E-state index in [9.17, 15) is 4.79 Å². The SMILES string of the molecule is O=C(O)c1ccc(-c2noc(-c3ccc(Br)s3)n2)cc1. The van der Waals surface area contributed by atoms with Gasteiger partial charge in [0.15, 0.2) is 0 Å². The molecule has 0 spiro atoms. The lowest BCUT2D eigenvalue weighted by molar-refractivity contribution is 0.0697. The predicted molar refractivity (Wildman–Crippen MR) is 77.7 cm³/mol. The second kappa shape index (κ2) is 5.18. The molecule has 0 aliphatic carbocycles. The van der Waals surface area contributed by atoms with Crippen molar-refractivity contribution in [3.05, 3.63) is 45.7 Å². The van der Waals surface area contributed by atoms with Crippen molar-refractivity contribution in [2.75, 3.05) is 0 Å². The number of nitrogens with zero attached hydrogens (tertiary/aromatic N) is 2. The van der Waals surface area contributed by atoms with E-state index in [1.54, 1.807) is 12.1 Å². The first-order chi connectivity index (χ1) is 9.63. The number of halogens is 1. The van der Waals surface area contributed by atoms with E-state index >= 15 is 0 Å². The Morgan fingerprint density at radius 2 is 1.95 bits per heavy atom. The van der Waals surface area contributed by atoms with Gasteiger partial charge in [-0.3, -0.25) is 0 Å². The predicted octanol–water partition coefficient (Wildman–Crippen LogP) is 3.93. The van der Waals surface area contributed by atoms with E-state index in [0.29, 0.717) is 17.3 Å². The first-order valence-corrected chi connectivity index (χ1v) is 7.17. The molecule has 3 rings (SSSR count). The molecule has 0 unspecified atom stereocenters. The molecule has 20 heavy (non-hydrogen) atoms. The molecule has 0 bridgehead atoms. The molecule has 0 aliphatic rings. The number of benzene rings is 1. The van der Waals surface area contributed by atoms with Gasteiger partial charge in [-0.1, -0.05) is 17.3 Å². The maximum absolute atomic E-state index is 10.8. The number of aromatic nitrogens is 2. The molecule has 5 nitrogen and oxygen atoms in total. The fourth-order valence-electron chi connectivity index (χ4n) is 1.63. The van der Waals surface area contributed by atoms with Crippen molar-refractivity contribution in [1.82, 2.24) is 10.1 Å².